The van der Waals surface area contributed by atoms with E-state index in [1.807, 2.05) is 6.07 Å². The molecule has 0 unspecified atom stereocenters. The van der Waals surface area contributed by atoms with Crippen molar-refractivity contribution in [1.29, 1.82) is 0 Å². The highest BCUT2D eigenvalue weighted by Gasteiger charge is 2.22. The minimum atomic E-state index is 0.720. The van der Waals surface area contributed by atoms with Gasteiger partial charge in [-0.05, 0) is 67.0 Å². The van der Waals surface area contributed by atoms with E-state index in [1.54, 1.807) is 0 Å². The molecule has 3 rings (SSSR count). The number of aryl methyl sites for hydroxylation is 1. The molecule has 1 fully saturated rings. The van der Waals surface area contributed by atoms with Gasteiger partial charge in [-0.15, -0.1) is 0 Å². The smallest absolute Gasteiger partial charge is 0.122 e. The summed E-state index contributed by atoms with van der Waals surface area (Å²) < 4.78 is 6.01. The molecule has 0 aliphatic heterocycles. The lowest BCUT2D eigenvalue weighted by atomic mass is 10.00. The van der Waals surface area contributed by atoms with Gasteiger partial charge in [0.2, 0.25) is 0 Å². The molecule has 0 radical (unpaired) electrons. The zero-order valence-electron chi connectivity index (χ0n) is 12.4. The van der Waals surface area contributed by atoms with E-state index >= 15 is 0 Å². The summed E-state index contributed by atoms with van der Waals surface area (Å²) in [7, 11) is 0. The number of nitrogens with two attached hydrogens (primary N) is 1. The fourth-order valence-electron chi connectivity index (χ4n) is 2.51. The minimum Gasteiger partial charge on any atom is -0.493 e. The largest absolute Gasteiger partial charge is 0.493 e. The standard InChI is InChI=1S/C19H23NO/c20-12-4-7-18-13-17(16-5-2-1-3-6-16)10-11-19(18)21-14-15-8-9-15/h1-3,5-6,10-11,13,15H,4,7-9,12,14,20H2. The van der Waals surface area contributed by atoms with E-state index in [2.05, 4.69) is 42.5 Å². The van der Waals surface area contributed by atoms with Crippen molar-refractivity contribution in [2.75, 3.05) is 13.2 Å². The molecular formula is C19H23NO. The average molecular weight is 281 g/mol. The van der Waals surface area contributed by atoms with Crippen LogP contribution in [0.1, 0.15) is 24.8 Å². The molecule has 2 nitrogen and oxygen atoms in total. The Kier molecular flexibility index (Phi) is 4.56. The third-order valence-electron chi connectivity index (χ3n) is 3.99. The highest BCUT2D eigenvalue weighted by Crippen LogP contribution is 2.32. The third kappa shape index (κ3) is 3.85. The Labute approximate surface area is 126 Å². The molecule has 2 aromatic carbocycles. The van der Waals surface area contributed by atoms with Crippen LogP contribution < -0.4 is 10.5 Å². The van der Waals surface area contributed by atoms with Crippen molar-refractivity contribution >= 4 is 0 Å². The Balaban J connectivity index is 1.82. The number of benzene rings is 2. The highest BCUT2D eigenvalue weighted by atomic mass is 16.5. The molecule has 0 atom stereocenters. The fraction of sp³-hybridized carbons (Fsp3) is 0.368. The maximum atomic E-state index is 6.01. The van der Waals surface area contributed by atoms with E-state index in [-0.39, 0.29) is 0 Å². The monoisotopic (exact) mass is 281 g/mol. The van der Waals surface area contributed by atoms with Crippen LogP contribution in [0.3, 0.4) is 0 Å². The van der Waals surface area contributed by atoms with Gasteiger partial charge in [-0.2, -0.15) is 0 Å². The van der Waals surface area contributed by atoms with Gasteiger partial charge in [0, 0.05) is 0 Å². The first-order valence-corrected chi connectivity index (χ1v) is 7.88. The summed E-state index contributed by atoms with van der Waals surface area (Å²) in [5.74, 6) is 1.82. The first kappa shape index (κ1) is 14.2. The second-order valence-corrected chi connectivity index (χ2v) is 5.84. The predicted molar refractivity (Wildman–Crippen MR) is 87.5 cm³/mol. The Morgan fingerprint density at radius 2 is 1.81 bits per heavy atom. The van der Waals surface area contributed by atoms with E-state index < -0.39 is 0 Å². The maximum Gasteiger partial charge on any atom is 0.122 e. The summed E-state index contributed by atoms with van der Waals surface area (Å²) in [6.07, 6.45) is 4.62. The van der Waals surface area contributed by atoms with Crippen LogP contribution in [0.25, 0.3) is 11.1 Å². The maximum absolute atomic E-state index is 6.01. The molecular weight excluding hydrogens is 258 g/mol. The summed E-state index contributed by atoms with van der Waals surface area (Å²) in [6, 6.07) is 17.0. The molecule has 21 heavy (non-hydrogen) atoms. The quantitative estimate of drug-likeness (QED) is 0.831. The molecule has 0 amide bonds. The van der Waals surface area contributed by atoms with Gasteiger partial charge in [0.05, 0.1) is 6.61 Å². The molecule has 2 N–H and O–H groups in total. The molecule has 2 heteroatoms. The van der Waals surface area contributed by atoms with Gasteiger partial charge in [-0.3, -0.25) is 0 Å². The molecule has 2 aromatic rings. The molecule has 1 aliphatic carbocycles. The molecule has 0 spiro atoms. The van der Waals surface area contributed by atoms with Crippen LogP contribution in [-0.2, 0) is 6.42 Å². The van der Waals surface area contributed by atoms with Crippen molar-refractivity contribution in [1.82, 2.24) is 0 Å². The molecule has 0 heterocycles. The second-order valence-electron chi connectivity index (χ2n) is 5.84. The van der Waals surface area contributed by atoms with E-state index in [4.69, 9.17) is 10.5 Å². The Morgan fingerprint density at radius 3 is 2.52 bits per heavy atom. The lowest BCUT2D eigenvalue weighted by molar-refractivity contribution is 0.296. The Hall–Kier alpha value is -1.80. The van der Waals surface area contributed by atoms with E-state index in [9.17, 15) is 0 Å². The SMILES string of the molecule is NCCCc1cc(-c2ccccc2)ccc1OCC1CC1. The van der Waals surface area contributed by atoms with Crippen molar-refractivity contribution in [3.8, 4) is 16.9 Å². The summed E-state index contributed by atoms with van der Waals surface area (Å²) in [6.45, 7) is 1.58. The topological polar surface area (TPSA) is 35.2 Å². The molecule has 1 aliphatic rings. The van der Waals surface area contributed by atoms with Gasteiger partial charge < -0.3 is 10.5 Å². The van der Waals surface area contributed by atoms with Crippen molar-refractivity contribution in [3.05, 3.63) is 54.1 Å². The van der Waals surface area contributed by atoms with Gasteiger partial charge in [0.1, 0.15) is 5.75 Å². The predicted octanol–water partition coefficient (Wildman–Crippen LogP) is 4.03. The number of ether oxygens (including phenoxy) is 1. The summed E-state index contributed by atoms with van der Waals surface area (Å²) in [4.78, 5) is 0. The highest BCUT2D eigenvalue weighted by molar-refractivity contribution is 5.65. The average Bonchev–Trinajstić information content (AvgIpc) is 3.36. The first-order valence-electron chi connectivity index (χ1n) is 7.88. The summed E-state index contributed by atoms with van der Waals surface area (Å²) >= 11 is 0. The molecule has 0 aromatic heterocycles. The third-order valence-corrected chi connectivity index (χ3v) is 3.99. The van der Waals surface area contributed by atoms with Crippen molar-refractivity contribution < 1.29 is 4.74 Å². The van der Waals surface area contributed by atoms with Crippen LogP contribution in [0.2, 0.25) is 0 Å². The number of hydrogen-bond donors (Lipinski definition) is 1. The number of rotatable bonds is 7. The van der Waals surface area contributed by atoms with Crippen molar-refractivity contribution in [2.24, 2.45) is 11.7 Å². The van der Waals surface area contributed by atoms with E-state index in [0.717, 1.165) is 37.7 Å². The lowest BCUT2D eigenvalue weighted by Gasteiger charge is -2.13. The Bertz CT molecular complexity index is 575. The van der Waals surface area contributed by atoms with Crippen LogP contribution in [0.5, 0.6) is 5.75 Å². The van der Waals surface area contributed by atoms with Gasteiger partial charge in [-0.1, -0.05) is 36.4 Å². The van der Waals surface area contributed by atoms with E-state index in [0.29, 0.717) is 0 Å². The van der Waals surface area contributed by atoms with Gasteiger partial charge in [-0.25, -0.2) is 0 Å². The van der Waals surface area contributed by atoms with Crippen LogP contribution in [0.4, 0.5) is 0 Å². The normalized spacial score (nSPS) is 14.1. The summed E-state index contributed by atoms with van der Waals surface area (Å²) in [5.41, 5.74) is 9.45. The molecule has 110 valence electrons. The van der Waals surface area contributed by atoms with Crippen molar-refractivity contribution in [2.45, 2.75) is 25.7 Å². The van der Waals surface area contributed by atoms with Crippen LogP contribution in [0.15, 0.2) is 48.5 Å². The zero-order valence-corrected chi connectivity index (χ0v) is 12.4. The fourth-order valence-corrected chi connectivity index (χ4v) is 2.51. The summed E-state index contributed by atoms with van der Waals surface area (Å²) in [5, 5.41) is 0. The van der Waals surface area contributed by atoms with Crippen molar-refractivity contribution in [3.63, 3.8) is 0 Å². The molecule has 0 saturated heterocycles. The zero-order chi connectivity index (χ0) is 14.5. The second kappa shape index (κ2) is 6.77. The van der Waals surface area contributed by atoms with Crippen LogP contribution in [-0.4, -0.2) is 13.2 Å². The van der Waals surface area contributed by atoms with Crippen LogP contribution in [0, 0.1) is 5.92 Å². The van der Waals surface area contributed by atoms with Gasteiger partial charge in [0.25, 0.3) is 0 Å². The van der Waals surface area contributed by atoms with Gasteiger partial charge in [0.15, 0.2) is 0 Å². The van der Waals surface area contributed by atoms with Gasteiger partial charge >= 0.3 is 0 Å². The molecule has 1 saturated carbocycles. The minimum absolute atomic E-state index is 0.720. The Morgan fingerprint density at radius 1 is 1.00 bits per heavy atom. The molecule has 0 bridgehead atoms. The lowest BCUT2D eigenvalue weighted by Crippen LogP contribution is -2.05. The van der Waals surface area contributed by atoms with Crippen LogP contribution >= 0.6 is 0 Å². The van der Waals surface area contributed by atoms with E-state index in [1.165, 1.54) is 29.5 Å². The first-order chi connectivity index (χ1) is 10.4. The number of hydrogen-bond acceptors (Lipinski definition) is 2.